The summed E-state index contributed by atoms with van der Waals surface area (Å²) >= 11 is 5.83. The molecule has 1 aromatic carbocycles. The molecule has 5 nitrogen and oxygen atoms in total. The van der Waals surface area contributed by atoms with Gasteiger partial charge in [-0.1, -0.05) is 23.7 Å². The lowest BCUT2D eigenvalue weighted by atomic mass is 9.93. The molecule has 0 radical (unpaired) electrons. The van der Waals surface area contributed by atoms with Gasteiger partial charge in [0.2, 0.25) is 0 Å². The topological polar surface area (TPSA) is 83.8 Å². The SMILES string of the molecule is CC(C)(C)OC(Cc1cccc(Cl)c1)(C(=O)O)C(=O)O. The average molecular weight is 301 g/mol. The normalized spacial score (nSPS) is 12.2. The molecule has 0 amide bonds. The van der Waals surface area contributed by atoms with Gasteiger partial charge in [0, 0.05) is 11.4 Å². The number of carbonyl (C=O) groups is 2. The van der Waals surface area contributed by atoms with Crippen molar-refractivity contribution in [1.82, 2.24) is 0 Å². The Hall–Kier alpha value is -1.59. The fraction of sp³-hybridized carbons (Fsp3) is 0.429. The summed E-state index contributed by atoms with van der Waals surface area (Å²) in [5.74, 6) is -3.08. The van der Waals surface area contributed by atoms with Gasteiger partial charge in [0.05, 0.1) is 5.60 Å². The zero-order valence-electron chi connectivity index (χ0n) is 11.5. The van der Waals surface area contributed by atoms with Crippen molar-refractivity contribution in [3.63, 3.8) is 0 Å². The zero-order chi connectivity index (χ0) is 15.6. The van der Waals surface area contributed by atoms with E-state index in [-0.39, 0.29) is 6.42 Å². The summed E-state index contributed by atoms with van der Waals surface area (Å²) in [5, 5.41) is 19.1. The third-order valence-corrected chi connectivity index (χ3v) is 2.75. The van der Waals surface area contributed by atoms with Gasteiger partial charge in [0.15, 0.2) is 0 Å². The lowest BCUT2D eigenvalue weighted by molar-refractivity contribution is -0.199. The van der Waals surface area contributed by atoms with Crippen LogP contribution in [0.4, 0.5) is 0 Å². The molecule has 0 aromatic heterocycles. The standard InChI is InChI=1S/C14H17ClO5/c1-13(2,3)20-14(11(16)17,12(18)19)8-9-5-4-6-10(15)7-9/h4-7H,8H2,1-3H3,(H,16,17)(H,18,19). The summed E-state index contributed by atoms with van der Waals surface area (Å²) in [4.78, 5) is 23.0. The molecule has 6 heteroatoms. The molecule has 20 heavy (non-hydrogen) atoms. The van der Waals surface area contributed by atoms with Crippen LogP contribution in [0.3, 0.4) is 0 Å². The van der Waals surface area contributed by atoms with E-state index in [4.69, 9.17) is 16.3 Å². The molecule has 110 valence electrons. The van der Waals surface area contributed by atoms with Crippen LogP contribution in [0.1, 0.15) is 26.3 Å². The number of aliphatic carboxylic acids is 2. The van der Waals surface area contributed by atoms with E-state index in [0.717, 1.165) is 0 Å². The summed E-state index contributed by atoms with van der Waals surface area (Å²) in [7, 11) is 0. The van der Waals surface area contributed by atoms with Crippen molar-refractivity contribution in [1.29, 1.82) is 0 Å². The van der Waals surface area contributed by atoms with Crippen molar-refractivity contribution in [3.05, 3.63) is 34.9 Å². The molecule has 0 bridgehead atoms. The van der Waals surface area contributed by atoms with Crippen LogP contribution in [0.2, 0.25) is 5.02 Å². The van der Waals surface area contributed by atoms with Crippen LogP contribution >= 0.6 is 11.6 Å². The molecular weight excluding hydrogens is 284 g/mol. The molecule has 0 aliphatic heterocycles. The number of halogens is 1. The van der Waals surface area contributed by atoms with E-state index in [9.17, 15) is 19.8 Å². The average Bonchev–Trinajstić information content (AvgIpc) is 2.25. The fourth-order valence-electron chi connectivity index (χ4n) is 1.82. The van der Waals surface area contributed by atoms with E-state index in [1.165, 1.54) is 6.07 Å². The molecule has 0 unspecified atom stereocenters. The van der Waals surface area contributed by atoms with Gasteiger partial charge in [-0.15, -0.1) is 0 Å². The number of hydrogen-bond acceptors (Lipinski definition) is 3. The third-order valence-electron chi connectivity index (χ3n) is 2.51. The third kappa shape index (κ3) is 3.95. The first-order chi connectivity index (χ1) is 9.07. The maximum Gasteiger partial charge on any atom is 0.348 e. The van der Waals surface area contributed by atoms with E-state index in [1.54, 1.807) is 39.0 Å². The summed E-state index contributed by atoms with van der Waals surface area (Å²) in [6, 6.07) is 6.38. The van der Waals surface area contributed by atoms with Crippen LogP contribution in [0.15, 0.2) is 24.3 Å². The Balaban J connectivity index is 3.23. The minimum atomic E-state index is -2.34. The Kier molecular flexibility index (Phi) is 4.78. The molecule has 2 N–H and O–H groups in total. The molecule has 0 aliphatic carbocycles. The number of hydrogen-bond donors (Lipinski definition) is 2. The predicted molar refractivity (Wildman–Crippen MR) is 74.0 cm³/mol. The Bertz CT molecular complexity index is 505. The van der Waals surface area contributed by atoms with Gasteiger partial charge in [0.25, 0.3) is 5.60 Å². The second-order valence-corrected chi connectivity index (χ2v) is 5.89. The highest BCUT2D eigenvalue weighted by Crippen LogP contribution is 2.26. The quantitative estimate of drug-likeness (QED) is 0.817. The molecule has 0 heterocycles. The largest absolute Gasteiger partial charge is 0.479 e. The van der Waals surface area contributed by atoms with Crippen LogP contribution in [-0.4, -0.2) is 33.4 Å². The molecule has 0 fully saturated rings. The summed E-state index contributed by atoms with van der Waals surface area (Å²) in [5.41, 5.74) is -2.79. The first-order valence-corrected chi connectivity index (χ1v) is 6.36. The summed E-state index contributed by atoms with van der Waals surface area (Å²) < 4.78 is 5.35. The van der Waals surface area contributed by atoms with E-state index in [1.807, 2.05) is 0 Å². The van der Waals surface area contributed by atoms with Crippen molar-refractivity contribution in [2.45, 2.75) is 38.4 Å². The van der Waals surface area contributed by atoms with E-state index >= 15 is 0 Å². The Morgan fingerprint density at radius 3 is 2.15 bits per heavy atom. The monoisotopic (exact) mass is 300 g/mol. The predicted octanol–water partition coefficient (Wildman–Crippen LogP) is 2.61. The van der Waals surface area contributed by atoms with Crippen LogP contribution < -0.4 is 0 Å². The smallest absolute Gasteiger partial charge is 0.348 e. The minimum absolute atomic E-state index is 0.310. The van der Waals surface area contributed by atoms with Crippen LogP contribution in [-0.2, 0) is 20.7 Å². The van der Waals surface area contributed by atoms with E-state index in [2.05, 4.69) is 0 Å². The highest BCUT2D eigenvalue weighted by atomic mass is 35.5. The molecule has 0 atom stereocenters. The number of benzene rings is 1. The molecule has 0 saturated carbocycles. The van der Waals surface area contributed by atoms with Gasteiger partial charge >= 0.3 is 11.9 Å². The number of carboxylic acids is 2. The van der Waals surface area contributed by atoms with Gasteiger partial charge < -0.3 is 14.9 Å². The van der Waals surface area contributed by atoms with E-state index in [0.29, 0.717) is 10.6 Å². The molecule has 0 saturated heterocycles. The first kappa shape index (κ1) is 16.5. The maximum atomic E-state index is 11.5. The van der Waals surface area contributed by atoms with Gasteiger partial charge in [-0.25, -0.2) is 9.59 Å². The van der Waals surface area contributed by atoms with Crippen molar-refractivity contribution >= 4 is 23.5 Å². The molecule has 1 aromatic rings. The zero-order valence-corrected chi connectivity index (χ0v) is 12.3. The van der Waals surface area contributed by atoms with E-state index < -0.39 is 23.1 Å². The lowest BCUT2D eigenvalue weighted by Gasteiger charge is -2.32. The second kappa shape index (κ2) is 5.81. The van der Waals surface area contributed by atoms with Crippen LogP contribution in [0.5, 0.6) is 0 Å². The second-order valence-electron chi connectivity index (χ2n) is 5.46. The minimum Gasteiger partial charge on any atom is -0.479 e. The number of carboxylic acid groups (broad SMARTS) is 2. The van der Waals surface area contributed by atoms with Gasteiger partial charge in [-0.05, 0) is 38.5 Å². The van der Waals surface area contributed by atoms with Crippen molar-refractivity contribution in [3.8, 4) is 0 Å². The maximum absolute atomic E-state index is 11.5. The van der Waals surface area contributed by atoms with Crippen LogP contribution in [0, 0.1) is 0 Å². The Morgan fingerprint density at radius 2 is 1.75 bits per heavy atom. The molecule has 0 spiro atoms. The number of rotatable bonds is 5. The lowest BCUT2D eigenvalue weighted by Crippen LogP contribution is -2.54. The Morgan fingerprint density at radius 1 is 1.20 bits per heavy atom. The highest BCUT2D eigenvalue weighted by Gasteiger charge is 2.50. The first-order valence-electron chi connectivity index (χ1n) is 5.98. The molecular formula is C14H17ClO5. The highest BCUT2D eigenvalue weighted by molar-refractivity contribution is 6.30. The summed E-state index contributed by atoms with van der Waals surface area (Å²) in [6.45, 7) is 4.81. The Labute approximate surface area is 122 Å². The fourth-order valence-corrected chi connectivity index (χ4v) is 2.04. The van der Waals surface area contributed by atoms with Gasteiger partial charge in [-0.3, -0.25) is 0 Å². The molecule has 0 aliphatic rings. The van der Waals surface area contributed by atoms with Gasteiger partial charge in [0.1, 0.15) is 0 Å². The van der Waals surface area contributed by atoms with Crippen molar-refractivity contribution in [2.75, 3.05) is 0 Å². The number of ether oxygens (including phenoxy) is 1. The van der Waals surface area contributed by atoms with Gasteiger partial charge in [-0.2, -0.15) is 0 Å². The van der Waals surface area contributed by atoms with Crippen molar-refractivity contribution in [2.24, 2.45) is 0 Å². The summed E-state index contributed by atoms with van der Waals surface area (Å²) in [6.07, 6.45) is -0.310. The van der Waals surface area contributed by atoms with Crippen LogP contribution in [0.25, 0.3) is 0 Å². The van der Waals surface area contributed by atoms with Crippen molar-refractivity contribution < 1.29 is 24.5 Å². The molecule has 1 rings (SSSR count).